The van der Waals surface area contributed by atoms with Gasteiger partial charge in [0.2, 0.25) is 0 Å². The van der Waals surface area contributed by atoms with Crippen LogP contribution in [0.4, 0.5) is 0 Å². The lowest BCUT2D eigenvalue weighted by molar-refractivity contribution is -0.357. The van der Waals surface area contributed by atoms with E-state index in [1.807, 2.05) is 6.07 Å². The molecule has 0 spiro atoms. The lowest BCUT2D eigenvalue weighted by atomic mass is 10.0. The van der Waals surface area contributed by atoms with Crippen molar-refractivity contribution in [3.05, 3.63) is 35.9 Å². The van der Waals surface area contributed by atoms with Crippen LogP contribution < -0.4 is 5.32 Å². The van der Waals surface area contributed by atoms with Crippen molar-refractivity contribution in [2.45, 2.75) is 70.4 Å². The Morgan fingerprint density at radius 2 is 1.54 bits per heavy atom. The van der Waals surface area contributed by atoms with Gasteiger partial charge in [-0.25, -0.2) is 0 Å². The average Bonchev–Trinajstić information content (AvgIpc) is 2.64. The van der Waals surface area contributed by atoms with E-state index in [0.717, 1.165) is 13.0 Å². The van der Waals surface area contributed by atoms with Gasteiger partial charge < -0.3 is 19.5 Å². The molecule has 4 nitrogen and oxygen atoms in total. The van der Waals surface area contributed by atoms with E-state index in [9.17, 15) is 0 Å². The Bertz CT molecular complexity index is 398. The van der Waals surface area contributed by atoms with Crippen molar-refractivity contribution in [1.29, 1.82) is 0 Å². The Kier molecular flexibility index (Phi) is 10.9. The summed E-state index contributed by atoms with van der Waals surface area (Å²) in [6.45, 7) is 3.09. The van der Waals surface area contributed by atoms with Gasteiger partial charge in [-0.3, -0.25) is 0 Å². The smallest absolute Gasteiger partial charge is 0.283 e. The van der Waals surface area contributed by atoms with Crippen molar-refractivity contribution in [3.8, 4) is 0 Å². The van der Waals surface area contributed by atoms with Crippen molar-refractivity contribution in [1.82, 2.24) is 5.32 Å². The summed E-state index contributed by atoms with van der Waals surface area (Å²) in [5, 5.41) is 3.65. The number of benzene rings is 1. The maximum atomic E-state index is 5.48. The van der Waals surface area contributed by atoms with E-state index in [0.29, 0.717) is 6.42 Å². The Balaban J connectivity index is 2.57. The topological polar surface area (TPSA) is 39.7 Å². The number of rotatable bonds is 14. The largest absolute Gasteiger partial charge is 0.331 e. The van der Waals surface area contributed by atoms with E-state index in [1.54, 1.807) is 21.3 Å². The summed E-state index contributed by atoms with van der Waals surface area (Å²) in [5.74, 6) is -0.974. The highest BCUT2D eigenvalue weighted by Crippen LogP contribution is 2.22. The summed E-state index contributed by atoms with van der Waals surface area (Å²) in [7, 11) is 4.88. The highest BCUT2D eigenvalue weighted by atomic mass is 16.9. The van der Waals surface area contributed by atoms with E-state index >= 15 is 0 Å². The number of ether oxygens (including phenoxy) is 3. The highest BCUT2D eigenvalue weighted by molar-refractivity contribution is 5.14. The van der Waals surface area contributed by atoms with Crippen molar-refractivity contribution in [2.75, 3.05) is 21.3 Å². The van der Waals surface area contributed by atoms with Gasteiger partial charge in [0.05, 0.1) is 0 Å². The average molecular weight is 338 g/mol. The van der Waals surface area contributed by atoms with Crippen LogP contribution in [0.25, 0.3) is 0 Å². The molecule has 0 saturated heterocycles. The molecule has 0 saturated carbocycles. The molecule has 1 aromatic rings. The fourth-order valence-corrected chi connectivity index (χ4v) is 2.93. The summed E-state index contributed by atoms with van der Waals surface area (Å²) >= 11 is 0. The van der Waals surface area contributed by atoms with Crippen LogP contribution >= 0.6 is 0 Å². The zero-order valence-corrected chi connectivity index (χ0v) is 15.8. The van der Waals surface area contributed by atoms with Crippen molar-refractivity contribution >= 4 is 0 Å². The van der Waals surface area contributed by atoms with Gasteiger partial charge in [-0.15, -0.1) is 0 Å². The molecule has 0 heterocycles. The Hall–Kier alpha value is -0.940. The Morgan fingerprint density at radius 1 is 0.917 bits per heavy atom. The molecule has 0 aromatic heterocycles. The number of nitrogens with one attached hydrogen (secondary N) is 1. The second kappa shape index (κ2) is 12.4. The van der Waals surface area contributed by atoms with Crippen molar-refractivity contribution in [3.63, 3.8) is 0 Å². The van der Waals surface area contributed by atoms with Crippen molar-refractivity contribution < 1.29 is 14.2 Å². The van der Waals surface area contributed by atoms with Crippen LogP contribution in [0, 0.1) is 0 Å². The molecule has 1 aromatic carbocycles. The first-order chi connectivity index (χ1) is 11.7. The minimum atomic E-state index is -0.974. The fourth-order valence-electron chi connectivity index (χ4n) is 2.93. The molecule has 0 aliphatic rings. The lowest BCUT2D eigenvalue weighted by Gasteiger charge is -2.33. The van der Waals surface area contributed by atoms with E-state index in [4.69, 9.17) is 14.2 Å². The summed E-state index contributed by atoms with van der Waals surface area (Å²) in [6.07, 6.45) is 8.14. The quantitative estimate of drug-likeness (QED) is 0.401. The Morgan fingerprint density at radius 3 is 2.12 bits per heavy atom. The maximum Gasteiger partial charge on any atom is 0.283 e. The van der Waals surface area contributed by atoms with Crippen LogP contribution in [0.5, 0.6) is 0 Å². The van der Waals surface area contributed by atoms with E-state index in [2.05, 4.69) is 36.5 Å². The molecule has 4 heteroatoms. The van der Waals surface area contributed by atoms with Gasteiger partial charge in [0, 0.05) is 40.3 Å². The molecule has 1 N–H and O–H groups in total. The molecule has 0 fully saturated rings. The van der Waals surface area contributed by atoms with Gasteiger partial charge >= 0.3 is 0 Å². The molecule has 138 valence electrons. The van der Waals surface area contributed by atoms with E-state index in [1.165, 1.54) is 37.7 Å². The van der Waals surface area contributed by atoms with E-state index < -0.39 is 5.97 Å². The molecule has 0 bridgehead atoms. The predicted octanol–water partition coefficient (Wildman–Crippen LogP) is 4.49. The third kappa shape index (κ3) is 7.75. The van der Waals surface area contributed by atoms with Gasteiger partial charge in [0.25, 0.3) is 5.97 Å². The standard InChI is InChI=1S/C20H35NO3/c1-5-6-7-8-12-15-19(16-20(22-2,23-3)24-4)21-17-18-13-10-9-11-14-18/h9-11,13-14,19,21H,5-8,12,15-17H2,1-4H3. The molecule has 24 heavy (non-hydrogen) atoms. The summed E-state index contributed by atoms with van der Waals surface area (Å²) < 4.78 is 16.4. The third-order valence-electron chi connectivity index (χ3n) is 4.52. The summed E-state index contributed by atoms with van der Waals surface area (Å²) in [6, 6.07) is 10.7. The highest BCUT2D eigenvalue weighted by Gasteiger charge is 2.33. The molecule has 1 unspecified atom stereocenters. The van der Waals surface area contributed by atoms with Gasteiger partial charge in [-0.1, -0.05) is 69.4 Å². The minimum Gasteiger partial charge on any atom is -0.331 e. The summed E-state index contributed by atoms with van der Waals surface area (Å²) in [5.41, 5.74) is 1.28. The third-order valence-corrected chi connectivity index (χ3v) is 4.52. The van der Waals surface area contributed by atoms with Gasteiger partial charge in [0.1, 0.15) is 0 Å². The first-order valence-electron chi connectivity index (χ1n) is 9.12. The molecule has 0 aliphatic carbocycles. The minimum absolute atomic E-state index is 0.284. The molecular weight excluding hydrogens is 302 g/mol. The van der Waals surface area contributed by atoms with Crippen LogP contribution in [-0.2, 0) is 20.8 Å². The van der Waals surface area contributed by atoms with Gasteiger partial charge in [-0.2, -0.15) is 0 Å². The first kappa shape index (κ1) is 21.1. The normalized spacial score (nSPS) is 13.2. The van der Waals surface area contributed by atoms with Gasteiger partial charge in [0.15, 0.2) is 0 Å². The molecule has 0 radical (unpaired) electrons. The molecule has 0 aliphatic heterocycles. The number of hydrogen-bond acceptors (Lipinski definition) is 4. The second-order valence-corrected chi connectivity index (χ2v) is 6.27. The summed E-state index contributed by atoms with van der Waals surface area (Å²) in [4.78, 5) is 0. The first-order valence-corrected chi connectivity index (χ1v) is 9.12. The molecule has 1 rings (SSSR count). The zero-order chi connectivity index (χ0) is 17.7. The zero-order valence-electron chi connectivity index (χ0n) is 15.8. The molecule has 1 atom stereocenters. The van der Waals surface area contributed by atoms with E-state index in [-0.39, 0.29) is 6.04 Å². The van der Waals surface area contributed by atoms with Crippen LogP contribution in [0.2, 0.25) is 0 Å². The number of hydrogen-bond donors (Lipinski definition) is 1. The number of methoxy groups -OCH3 is 3. The van der Waals surface area contributed by atoms with Crippen molar-refractivity contribution in [2.24, 2.45) is 0 Å². The van der Waals surface area contributed by atoms with Crippen LogP contribution in [-0.4, -0.2) is 33.3 Å². The Labute approximate surface area is 147 Å². The van der Waals surface area contributed by atoms with Gasteiger partial charge in [-0.05, 0) is 12.0 Å². The SMILES string of the molecule is CCCCCCCC(CC(OC)(OC)OC)NCc1ccccc1. The van der Waals surface area contributed by atoms with Crippen LogP contribution in [0.3, 0.4) is 0 Å². The second-order valence-electron chi connectivity index (χ2n) is 6.27. The predicted molar refractivity (Wildman–Crippen MR) is 98.8 cm³/mol. The monoisotopic (exact) mass is 337 g/mol. The number of unbranched alkanes of at least 4 members (excludes halogenated alkanes) is 4. The lowest BCUT2D eigenvalue weighted by Crippen LogP contribution is -2.44. The van der Waals surface area contributed by atoms with Crippen LogP contribution in [0.15, 0.2) is 30.3 Å². The molecular formula is C20H35NO3. The van der Waals surface area contributed by atoms with Crippen LogP contribution in [0.1, 0.15) is 57.4 Å². The fraction of sp³-hybridized carbons (Fsp3) is 0.700. The maximum absolute atomic E-state index is 5.48. The molecule has 0 amide bonds.